The lowest BCUT2D eigenvalue weighted by Gasteiger charge is -2.04. The van der Waals surface area contributed by atoms with Crippen LogP contribution in [0, 0.1) is 0 Å². The third kappa shape index (κ3) is 1.15. The Hall–Kier alpha value is -1.28. The van der Waals surface area contributed by atoms with Gasteiger partial charge < -0.3 is 9.72 Å². The van der Waals surface area contributed by atoms with Crippen LogP contribution in [0.3, 0.4) is 0 Å². The number of ether oxygens (including phenoxy) is 1. The molecule has 1 unspecified atom stereocenters. The Morgan fingerprint density at radius 1 is 1.29 bits per heavy atom. The summed E-state index contributed by atoms with van der Waals surface area (Å²) in [5, 5.41) is 1.35. The maximum absolute atomic E-state index is 5.42. The van der Waals surface area contributed by atoms with Gasteiger partial charge in [0.15, 0.2) is 0 Å². The number of aromatic nitrogens is 1. The van der Waals surface area contributed by atoms with E-state index in [9.17, 15) is 0 Å². The van der Waals surface area contributed by atoms with E-state index in [1.54, 1.807) is 0 Å². The highest BCUT2D eigenvalue weighted by Crippen LogP contribution is 2.30. The topological polar surface area (TPSA) is 25.0 Å². The summed E-state index contributed by atoms with van der Waals surface area (Å²) in [6.07, 6.45) is 3.28. The Labute approximate surface area is 82.9 Å². The summed E-state index contributed by atoms with van der Waals surface area (Å²) in [5.74, 6) is 0.589. The summed E-state index contributed by atoms with van der Waals surface area (Å²) in [4.78, 5) is 3.31. The van der Waals surface area contributed by atoms with E-state index in [1.807, 2.05) is 0 Å². The first-order valence-electron chi connectivity index (χ1n) is 5.09. The number of hydrogen-bond donors (Lipinski definition) is 1. The molecule has 1 N–H and O–H groups in total. The normalized spacial score (nSPS) is 21.9. The van der Waals surface area contributed by atoms with Crippen molar-refractivity contribution in [3.8, 4) is 0 Å². The summed E-state index contributed by atoms with van der Waals surface area (Å²) < 4.78 is 5.42. The van der Waals surface area contributed by atoms with Gasteiger partial charge in [-0.3, -0.25) is 0 Å². The molecule has 0 saturated carbocycles. The Morgan fingerprint density at radius 3 is 3.07 bits per heavy atom. The maximum atomic E-state index is 5.42. The molecule has 3 rings (SSSR count). The van der Waals surface area contributed by atoms with Crippen molar-refractivity contribution in [1.29, 1.82) is 0 Å². The van der Waals surface area contributed by atoms with Crippen LogP contribution in [-0.4, -0.2) is 18.2 Å². The average Bonchev–Trinajstić information content (AvgIpc) is 2.85. The number of fused-ring (bicyclic) bond motifs is 1. The molecule has 0 bridgehead atoms. The fraction of sp³-hybridized carbons (Fsp3) is 0.333. The van der Waals surface area contributed by atoms with Crippen molar-refractivity contribution < 1.29 is 4.74 Å². The molecule has 1 aliphatic rings. The smallest absolute Gasteiger partial charge is 0.0536 e. The zero-order valence-corrected chi connectivity index (χ0v) is 7.99. The van der Waals surface area contributed by atoms with Gasteiger partial charge in [0.05, 0.1) is 6.61 Å². The molecular formula is C12H13NO. The van der Waals surface area contributed by atoms with Crippen LogP contribution in [0.15, 0.2) is 30.5 Å². The number of rotatable bonds is 1. The summed E-state index contributed by atoms with van der Waals surface area (Å²) in [5.41, 5.74) is 2.65. The minimum absolute atomic E-state index is 0.589. The quantitative estimate of drug-likeness (QED) is 0.729. The standard InChI is InChI=1S/C12H13NO/c1-2-4-12-10(3-1)11(7-13-12)9-5-6-14-8-9/h1-4,7,9,13H,5-6,8H2. The molecule has 0 spiro atoms. The van der Waals surface area contributed by atoms with Gasteiger partial charge in [0.25, 0.3) is 0 Å². The van der Waals surface area contributed by atoms with Crippen LogP contribution >= 0.6 is 0 Å². The monoisotopic (exact) mass is 187 g/mol. The molecule has 2 heterocycles. The molecule has 2 nitrogen and oxygen atoms in total. The van der Waals surface area contributed by atoms with E-state index < -0.39 is 0 Å². The van der Waals surface area contributed by atoms with E-state index in [-0.39, 0.29) is 0 Å². The molecule has 1 saturated heterocycles. The molecule has 1 aromatic carbocycles. The summed E-state index contributed by atoms with van der Waals surface area (Å²) in [6, 6.07) is 8.46. The SMILES string of the molecule is c1ccc2c(C3CCOC3)c[nH]c2c1. The second-order valence-corrected chi connectivity index (χ2v) is 3.85. The molecular weight excluding hydrogens is 174 g/mol. The molecule has 1 aliphatic heterocycles. The predicted octanol–water partition coefficient (Wildman–Crippen LogP) is 2.67. The van der Waals surface area contributed by atoms with Gasteiger partial charge in [-0.25, -0.2) is 0 Å². The lowest BCUT2D eigenvalue weighted by Crippen LogP contribution is -1.95. The Kier molecular flexibility index (Phi) is 1.81. The van der Waals surface area contributed by atoms with E-state index in [2.05, 4.69) is 35.4 Å². The molecule has 1 atom stereocenters. The first-order chi connectivity index (χ1) is 6.95. The van der Waals surface area contributed by atoms with Gasteiger partial charge in [-0.15, -0.1) is 0 Å². The zero-order valence-electron chi connectivity index (χ0n) is 7.99. The van der Waals surface area contributed by atoms with Crippen LogP contribution in [-0.2, 0) is 4.74 Å². The van der Waals surface area contributed by atoms with Gasteiger partial charge in [-0.1, -0.05) is 18.2 Å². The number of para-hydroxylation sites is 1. The van der Waals surface area contributed by atoms with Gasteiger partial charge in [0.2, 0.25) is 0 Å². The summed E-state index contributed by atoms with van der Waals surface area (Å²) in [7, 11) is 0. The van der Waals surface area contributed by atoms with Crippen molar-refractivity contribution >= 4 is 10.9 Å². The highest BCUT2D eigenvalue weighted by Gasteiger charge is 2.20. The third-order valence-corrected chi connectivity index (χ3v) is 2.99. The number of hydrogen-bond acceptors (Lipinski definition) is 1. The predicted molar refractivity (Wildman–Crippen MR) is 56.5 cm³/mol. The van der Waals surface area contributed by atoms with E-state index >= 15 is 0 Å². The summed E-state index contributed by atoms with van der Waals surface area (Å²) in [6.45, 7) is 1.78. The van der Waals surface area contributed by atoms with Crippen molar-refractivity contribution in [2.75, 3.05) is 13.2 Å². The molecule has 0 radical (unpaired) electrons. The van der Waals surface area contributed by atoms with Crippen molar-refractivity contribution in [2.45, 2.75) is 12.3 Å². The lowest BCUT2D eigenvalue weighted by atomic mass is 9.98. The van der Waals surface area contributed by atoms with Crippen LogP contribution in [0.4, 0.5) is 0 Å². The second-order valence-electron chi connectivity index (χ2n) is 3.85. The average molecular weight is 187 g/mol. The van der Waals surface area contributed by atoms with Crippen LogP contribution in [0.5, 0.6) is 0 Å². The molecule has 0 aliphatic carbocycles. The minimum atomic E-state index is 0.589. The van der Waals surface area contributed by atoms with Gasteiger partial charge in [0, 0.05) is 29.6 Å². The van der Waals surface area contributed by atoms with Crippen molar-refractivity contribution in [1.82, 2.24) is 4.98 Å². The molecule has 14 heavy (non-hydrogen) atoms. The zero-order chi connectivity index (χ0) is 9.38. The number of nitrogens with one attached hydrogen (secondary N) is 1. The lowest BCUT2D eigenvalue weighted by molar-refractivity contribution is 0.194. The van der Waals surface area contributed by atoms with Crippen LogP contribution in [0.25, 0.3) is 10.9 Å². The second kappa shape index (κ2) is 3.14. The number of aromatic amines is 1. The van der Waals surface area contributed by atoms with Crippen molar-refractivity contribution in [3.05, 3.63) is 36.0 Å². The van der Waals surface area contributed by atoms with Gasteiger partial charge >= 0.3 is 0 Å². The maximum Gasteiger partial charge on any atom is 0.0536 e. The largest absolute Gasteiger partial charge is 0.381 e. The van der Waals surface area contributed by atoms with Crippen molar-refractivity contribution in [2.24, 2.45) is 0 Å². The Balaban J connectivity index is 2.11. The number of H-pyrrole nitrogens is 1. The van der Waals surface area contributed by atoms with Crippen LogP contribution in [0.2, 0.25) is 0 Å². The fourth-order valence-corrected chi connectivity index (χ4v) is 2.21. The molecule has 2 aromatic rings. The van der Waals surface area contributed by atoms with Gasteiger partial charge in [-0.2, -0.15) is 0 Å². The molecule has 0 amide bonds. The van der Waals surface area contributed by atoms with E-state index in [1.165, 1.54) is 16.5 Å². The fourth-order valence-electron chi connectivity index (χ4n) is 2.21. The number of benzene rings is 1. The highest BCUT2D eigenvalue weighted by molar-refractivity contribution is 5.83. The summed E-state index contributed by atoms with van der Waals surface area (Å²) >= 11 is 0. The highest BCUT2D eigenvalue weighted by atomic mass is 16.5. The molecule has 2 heteroatoms. The van der Waals surface area contributed by atoms with Crippen molar-refractivity contribution in [3.63, 3.8) is 0 Å². The molecule has 1 fully saturated rings. The van der Waals surface area contributed by atoms with Gasteiger partial charge in [-0.05, 0) is 18.1 Å². The van der Waals surface area contributed by atoms with E-state index in [0.717, 1.165) is 19.6 Å². The third-order valence-electron chi connectivity index (χ3n) is 2.99. The Bertz CT molecular complexity index is 440. The van der Waals surface area contributed by atoms with Crippen LogP contribution < -0.4 is 0 Å². The van der Waals surface area contributed by atoms with E-state index in [4.69, 9.17) is 4.74 Å². The van der Waals surface area contributed by atoms with Crippen LogP contribution in [0.1, 0.15) is 17.9 Å². The van der Waals surface area contributed by atoms with E-state index in [0.29, 0.717) is 5.92 Å². The minimum Gasteiger partial charge on any atom is -0.381 e. The first-order valence-corrected chi connectivity index (χ1v) is 5.09. The first kappa shape index (κ1) is 8.06. The van der Waals surface area contributed by atoms with Gasteiger partial charge in [0.1, 0.15) is 0 Å². The molecule has 72 valence electrons. The Morgan fingerprint density at radius 2 is 2.21 bits per heavy atom. The molecule has 1 aromatic heterocycles.